The summed E-state index contributed by atoms with van der Waals surface area (Å²) in [6.45, 7) is 6.17. The van der Waals surface area contributed by atoms with Crippen molar-refractivity contribution in [3.05, 3.63) is 0 Å². The minimum atomic E-state index is 0.188. The maximum atomic E-state index is 12.0. The van der Waals surface area contributed by atoms with Crippen LogP contribution in [0, 0.1) is 5.92 Å². The minimum Gasteiger partial charge on any atom is -0.349 e. The van der Waals surface area contributed by atoms with Crippen LogP contribution in [0.5, 0.6) is 0 Å². The molecule has 1 aliphatic rings. The zero-order valence-corrected chi connectivity index (χ0v) is 13.8. The maximum absolute atomic E-state index is 12.0. The number of amides is 1. The Morgan fingerprint density at radius 1 is 1.25 bits per heavy atom. The summed E-state index contributed by atoms with van der Waals surface area (Å²) in [6.07, 6.45) is 6.92. The molecule has 0 aliphatic heterocycles. The van der Waals surface area contributed by atoms with E-state index in [0.717, 1.165) is 6.54 Å². The monoisotopic (exact) mass is 283 g/mol. The Morgan fingerprint density at radius 2 is 1.85 bits per heavy atom. The Kier molecular flexibility index (Phi) is 7.52. The molecule has 1 aliphatic carbocycles. The van der Waals surface area contributed by atoms with E-state index in [1.54, 1.807) is 4.90 Å². The van der Waals surface area contributed by atoms with Gasteiger partial charge in [-0.15, -0.1) is 0 Å². The first kappa shape index (κ1) is 17.4. The highest BCUT2D eigenvalue weighted by Gasteiger charge is 2.29. The fourth-order valence-corrected chi connectivity index (χ4v) is 3.03. The second-order valence-corrected chi connectivity index (χ2v) is 6.74. The zero-order valence-electron chi connectivity index (χ0n) is 13.8. The summed E-state index contributed by atoms with van der Waals surface area (Å²) in [6, 6.07) is 0.837. The number of carbonyl (C=O) groups is 1. The second-order valence-electron chi connectivity index (χ2n) is 6.74. The van der Waals surface area contributed by atoms with Crippen molar-refractivity contribution in [3.8, 4) is 0 Å². The average Bonchev–Trinajstić information content (AvgIpc) is 2.90. The molecule has 1 saturated carbocycles. The van der Waals surface area contributed by atoms with Crippen LogP contribution in [0.1, 0.15) is 52.4 Å². The topological polar surface area (TPSA) is 49.6 Å². The highest BCUT2D eigenvalue weighted by atomic mass is 16.2. The lowest BCUT2D eigenvalue weighted by Crippen LogP contribution is -2.48. The predicted octanol–water partition coefficient (Wildman–Crippen LogP) is 2.08. The Balaban J connectivity index is 2.68. The third kappa shape index (κ3) is 5.41. The Bertz CT molecular complexity index is 285. The predicted molar refractivity (Wildman–Crippen MR) is 84.6 cm³/mol. The van der Waals surface area contributed by atoms with E-state index in [9.17, 15) is 4.79 Å². The number of hydrogen-bond acceptors (Lipinski definition) is 3. The van der Waals surface area contributed by atoms with Crippen molar-refractivity contribution in [3.63, 3.8) is 0 Å². The van der Waals surface area contributed by atoms with E-state index < -0.39 is 0 Å². The van der Waals surface area contributed by atoms with Gasteiger partial charge in [-0.25, -0.2) is 0 Å². The first-order valence-corrected chi connectivity index (χ1v) is 8.11. The van der Waals surface area contributed by atoms with Crippen LogP contribution in [0.15, 0.2) is 0 Å². The van der Waals surface area contributed by atoms with Crippen molar-refractivity contribution in [1.82, 2.24) is 9.80 Å². The lowest BCUT2D eigenvalue weighted by atomic mass is 10.0. The summed E-state index contributed by atoms with van der Waals surface area (Å²) in [5.41, 5.74) is 5.98. The van der Waals surface area contributed by atoms with Gasteiger partial charge in [0.2, 0.25) is 5.91 Å². The Hall–Kier alpha value is -0.610. The molecule has 1 unspecified atom stereocenters. The van der Waals surface area contributed by atoms with Gasteiger partial charge in [-0.2, -0.15) is 0 Å². The molecule has 1 fully saturated rings. The molecule has 2 N–H and O–H groups in total. The van der Waals surface area contributed by atoms with E-state index in [0.29, 0.717) is 24.9 Å². The van der Waals surface area contributed by atoms with Crippen molar-refractivity contribution in [2.75, 3.05) is 27.2 Å². The summed E-state index contributed by atoms with van der Waals surface area (Å²) in [7, 11) is 3.65. The van der Waals surface area contributed by atoms with Crippen LogP contribution in [0.4, 0.5) is 0 Å². The first-order chi connectivity index (χ1) is 9.45. The lowest BCUT2D eigenvalue weighted by Gasteiger charge is -2.36. The molecule has 20 heavy (non-hydrogen) atoms. The van der Waals surface area contributed by atoms with Gasteiger partial charge in [0.1, 0.15) is 0 Å². The molecule has 0 saturated heterocycles. The van der Waals surface area contributed by atoms with Gasteiger partial charge < -0.3 is 10.6 Å². The van der Waals surface area contributed by atoms with E-state index in [1.165, 1.54) is 32.1 Å². The SMILES string of the molecule is CC(C)CCN(C1CCCC1)C(CN)CC(=O)N(C)C. The highest BCUT2D eigenvalue weighted by Crippen LogP contribution is 2.26. The van der Waals surface area contributed by atoms with E-state index >= 15 is 0 Å². The van der Waals surface area contributed by atoms with Gasteiger partial charge in [0.05, 0.1) is 0 Å². The van der Waals surface area contributed by atoms with Crippen LogP contribution in [-0.2, 0) is 4.79 Å². The van der Waals surface area contributed by atoms with Crippen molar-refractivity contribution in [2.24, 2.45) is 11.7 Å². The van der Waals surface area contributed by atoms with Crippen LogP contribution in [0.2, 0.25) is 0 Å². The fourth-order valence-electron chi connectivity index (χ4n) is 3.03. The minimum absolute atomic E-state index is 0.188. The Morgan fingerprint density at radius 3 is 2.30 bits per heavy atom. The lowest BCUT2D eigenvalue weighted by molar-refractivity contribution is -0.130. The van der Waals surface area contributed by atoms with E-state index in [4.69, 9.17) is 5.73 Å². The van der Waals surface area contributed by atoms with Gasteiger partial charge in [-0.05, 0) is 31.7 Å². The molecular formula is C16H33N3O. The molecule has 0 spiro atoms. The molecule has 0 aromatic rings. The van der Waals surface area contributed by atoms with E-state index in [2.05, 4.69) is 18.7 Å². The molecule has 0 heterocycles. The van der Waals surface area contributed by atoms with E-state index in [1.807, 2.05) is 14.1 Å². The third-order valence-corrected chi connectivity index (χ3v) is 4.41. The van der Waals surface area contributed by atoms with Gasteiger partial charge in [0.15, 0.2) is 0 Å². The van der Waals surface area contributed by atoms with Crippen LogP contribution in [0.25, 0.3) is 0 Å². The number of hydrogen-bond donors (Lipinski definition) is 1. The fraction of sp³-hybridized carbons (Fsp3) is 0.938. The number of nitrogens with zero attached hydrogens (tertiary/aromatic N) is 2. The molecule has 0 bridgehead atoms. The number of rotatable bonds is 8. The van der Waals surface area contributed by atoms with Crippen LogP contribution >= 0.6 is 0 Å². The molecule has 1 rings (SSSR count). The zero-order chi connectivity index (χ0) is 15.1. The molecule has 0 aromatic carbocycles. The summed E-state index contributed by atoms with van der Waals surface area (Å²) < 4.78 is 0. The average molecular weight is 283 g/mol. The van der Waals surface area contributed by atoms with Crippen molar-refractivity contribution in [1.29, 1.82) is 0 Å². The van der Waals surface area contributed by atoms with Gasteiger partial charge in [0.25, 0.3) is 0 Å². The number of carbonyl (C=O) groups excluding carboxylic acids is 1. The largest absolute Gasteiger partial charge is 0.349 e. The quantitative estimate of drug-likeness (QED) is 0.742. The number of nitrogens with two attached hydrogens (primary N) is 1. The molecule has 0 radical (unpaired) electrons. The summed E-state index contributed by atoms with van der Waals surface area (Å²) in [5, 5.41) is 0. The second kappa shape index (κ2) is 8.63. The maximum Gasteiger partial charge on any atom is 0.223 e. The molecule has 0 aromatic heterocycles. The molecule has 1 atom stereocenters. The first-order valence-electron chi connectivity index (χ1n) is 8.11. The summed E-state index contributed by atoms with van der Waals surface area (Å²) in [5.74, 6) is 0.884. The van der Waals surface area contributed by atoms with Gasteiger partial charge in [0, 0.05) is 39.1 Å². The standard InChI is InChI=1S/C16H33N3O/c1-13(2)9-10-19(14-7-5-6-8-14)15(12-17)11-16(20)18(3)4/h13-15H,5-12,17H2,1-4H3. The Labute approximate surface area is 124 Å². The van der Waals surface area contributed by atoms with Crippen molar-refractivity contribution < 1.29 is 4.79 Å². The normalized spacial score (nSPS) is 17.9. The summed E-state index contributed by atoms with van der Waals surface area (Å²) >= 11 is 0. The molecule has 118 valence electrons. The van der Waals surface area contributed by atoms with Gasteiger partial charge >= 0.3 is 0 Å². The van der Waals surface area contributed by atoms with Gasteiger partial charge in [-0.3, -0.25) is 9.69 Å². The van der Waals surface area contributed by atoms with Crippen LogP contribution in [-0.4, -0.2) is 55.0 Å². The molecule has 1 amide bonds. The van der Waals surface area contributed by atoms with Crippen LogP contribution in [0.3, 0.4) is 0 Å². The van der Waals surface area contributed by atoms with E-state index in [-0.39, 0.29) is 11.9 Å². The smallest absolute Gasteiger partial charge is 0.223 e. The van der Waals surface area contributed by atoms with Crippen molar-refractivity contribution in [2.45, 2.75) is 64.5 Å². The third-order valence-electron chi connectivity index (χ3n) is 4.41. The van der Waals surface area contributed by atoms with Crippen molar-refractivity contribution >= 4 is 5.91 Å². The molecule has 4 nitrogen and oxygen atoms in total. The molecule has 4 heteroatoms. The van der Waals surface area contributed by atoms with Crippen LogP contribution < -0.4 is 5.73 Å². The molecular weight excluding hydrogens is 250 g/mol. The van der Waals surface area contributed by atoms with Gasteiger partial charge in [-0.1, -0.05) is 26.7 Å². The highest BCUT2D eigenvalue weighted by molar-refractivity contribution is 5.76. The summed E-state index contributed by atoms with van der Waals surface area (Å²) in [4.78, 5) is 16.2.